The van der Waals surface area contributed by atoms with Crippen molar-refractivity contribution in [3.63, 3.8) is 0 Å². The number of benzene rings is 2. The number of amides is 4. The van der Waals surface area contributed by atoms with Crippen LogP contribution in [0, 0.1) is 12.3 Å². The van der Waals surface area contributed by atoms with Crippen molar-refractivity contribution in [2.45, 2.75) is 83.8 Å². The smallest absolute Gasteiger partial charge is 0.416 e. The van der Waals surface area contributed by atoms with Crippen LogP contribution in [0.15, 0.2) is 60.4 Å². The van der Waals surface area contributed by atoms with Gasteiger partial charge in [-0.15, -0.1) is 0 Å². The number of aliphatic carboxylic acids is 1. The number of nitrogens with two attached hydrogens (primary N) is 2. The summed E-state index contributed by atoms with van der Waals surface area (Å²) in [7, 11) is 1.63. The maximum Gasteiger partial charge on any atom is 0.416 e. The molecule has 5 atom stereocenters. The molecule has 55 heavy (non-hydrogen) atoms. The molecule has 4 bridgehead atoms. The Labute approximate surface area is 317 Å². The molecule has 2 aromatic carbocycles. The molecule has 15 nitrogen and oxygen atoms in total. The van der Waals surface area contributed by atoms with Gasteiger partial charge in [-0.05, 0) is 50.1 Å². The highest BCUT2D eigenvalue weighted by Crippen LogP contribution is 2.30. The Bertz CT molecular complexity index is 1720. The zero-order valence-corrected chi connectivity index (χ0v) is 31.7. The third-order valence-corrected chi connectivity index (χ3v) is 9.00. The molecule has 1 fully saturated rings. The Morgan fingerprint density at radius 2 is 1.73 bits per heavy atom. The van der Waals surface area contributed by atoms with Gasteiger partial charge in [0.05, 0.1) is 29.9 Å². The van der Waals surface area contributed by atoms with Gasteiger partial charge in [-0.3, -0.25) is 19.2 Å². The fourth-order valence-corrected chi connectivity index (χ4v) is 5.75. The SMILES string of the molecule is CNC(C)C(=O)NC(C(=O)N1CC2CC1C(=O)NCC(=O)NC(C(=O)O)Cc1ccc(cc1)OC/C(N)=C/N2N)C(C)(C)C.Cc1cccc(C(F)(F)F)c1. The van der Waals surface area contributed by atoms with E-state index < -0.39 is 77.6 Å². The molecule has 9 N–H and O–H groups in total. The first kappa shape index (κ1) is 44.0. The Kier molecular flexibility index (Phi) is 15.0. The van der Waals surface area contributed by atoms with Gasteiger partial charge in [0.1, 0.15) is 30.5 Å². The Morgan fingerprint density at radius 3 is 2.27 bits per heavy atom. The van der Waals surface area contributed by atoms with Gasteiger partial charge in [0.15, 0.2) is 0 Å². The molecule has 0 spiro atoms. The zero-order valence-electron chi connectivity index (χ0n) is 31.7. The van der Waals surface area contributed by atoms with Crippen molar-refractivity contribution >= 4 is 29.6 Å². The number of rotatable bonds is 5. The number of aryl methyl sites for hydroxylation is 1. The molecule has 2 aromatic rings. The number of ether oxygens (including phenoxy) is 1. The van der Waals surface area contributed by atoms with Gasteiger partial charge in [0, 0.05) is 25.6 Å². The second-order valence-electron chi connectivity index (χ2n) is 14.5. The van der Waals surface area contributed by atoms with E-state index in [2.05, 4.69) is 21.3 Å². The van der Waals surface area contributed by atoms with Gasteiger partial charge < -0.3 is 46.8 Å². The lowest BCUT2D eigenvalue weighted by Crippen LogP contribution is -2.60. The highest BCUT2D eigenvalue weighted by Gasteiger charge is 2.46. The average molecular weight is 777 g/mol. The maximum atomic E-state index is 14.0. The lowest BCUT2D eigenvalue weighted by molar-refractivity contribution is -0.144. The van der Waals surface area contributed by atoms with Crippen molar-refractivity contribution in [3.8, 4) is 5.75 Å². The molecule has 4 amide bonds. The number of carboxylic acids is 1. The van der Waals surface area contributed by atoms with Crippen LogP contribution in [0.4, 0.5) is 13.2 Å². The first-order valence-corrected chi connectivity index (χ1v) is 17.5. The Balaban J connectivity index is 0.000000632. The second-order valence-corrected chi connectivity index (χ2v) is 14.5. The lowest BCUT2D eigenvalue weighted by Gasteiger charge is -2.36. The van der Waals surface area contributed by atoms with Crippen LogP contribution in [0.3, 0.4) is 0 Å². The van der Waals surface area contributed by atoms with E-state index in [1.54, 1.807) is 72.0 Å². The van der Waals surface area contributed by atoms with E-state index in [0.717, 1.165) is 12.1 Å². The third kappa shape index (κ3) is 12.9. The summed E-state index contributed by atoms with van der Waals surface area (Å²) in [5.41, 5.74) is 6.40. The van der Waals surface area contributed by atoms with Crippen LogP contribution in [0.1, 0.15) is 50.8 Å². The molecule has 0 aromatic heterocycles. The molecular weight excluding hydrogens is 725 g/mol. The fourth-order valence-electron chi connectivity index (χ4n) is 5.75. The molecule has 1 saturated heterocycles. The molecule has 3 heterocycles. The maximum absolute atomic E-state index is 14.0. The predicted molar refractivity (Wildman–Crippen MR) is 197 cm³/mol. The summed E-state index contributed by atoms with van der Waals surface area (Å²) in [4.78, 5) is 66.2. The average Bonchev–Trinajstić information content (AvgIpc) is 3.57. The molecule has 3 aliphatic rings. The number of hydrogen-bond donors (Lipinski definition) is 7. The Morgan fingerprint density at radius 1 is 1.07 bits per heavy atom. The van der Waals surface area contributed by atoms with Crippen molar-refractivity contribution in [1.82, 2.24) is 31.2 Å². The van der Waals surface area contributed by atoms with E-state index >= 15 is 0 Å². The van der Waals surface area contributed by atoms with E-state index in [0.29, 0.717) is 16.9 Å². The number of halogens is 3. The van der Waals surface area contributed by atoms with Gasteiger partial charge in [0.2, 0.25) is 23.6 Å². The first-order valence-electron chi connectivity index (χ1n) is 17.5. The molecule has 0 aliphatic carbocycles. The normalized spacial score (nSPS) is 21.8. The summed E-state index contributed by atoms with van der Waals surface area (Å²) in [6.07, 6.45) is -2.65. The molecule has 3 aliphatic heterocycles. The van der Waals surface area contributed by atoms with Crippen molar-refractivity contribution in [1.29, 1.82) is 0 Å². The first-order chi connectivity index (χ1) is 25.6. The quantitative estimate of drug-likeness (QED) is 0.215. The van der Waals surface area contributed by atoms with E-state index in [9.17, 15) is 42.3 Å². The van der Waals surface area contributed by atoms with Gasteiger partial charge >= 0.3 is 12.1 Å². The van der Waals surface area contributed by atoms with Gasteiger partial charge in [-0.1, -0.05) is 56.7 Å². The topological polar surface area (TPSA) is 221 Å². The van der Waals surface area contributed by atoms with E-state index in [4.69, 9.17) is 16.3 Å². The Hall–Kier alpha value is -5.36. The number of carboxylic acid groups (broad SMARTS) is 1. The van der Waals surface area contributed by atoms with Crippen molar-refractivity contribution in [2.24, 2.45) is 17.0 Å². The number of hydrazine groups is 1. The largest absolute Gasteiger partial charge is 0.487 e. The summed E-state index contributed by atoms with van der Waals surface area (Å²) < 4.78 is 41.6. The minimum absolute atomic E-state index is 0.00185. The van der Waals surface area contributed by atoms with Crippen LogP contribution in [0.2, 0.25) is 0 Å². The van der Waals surface area contributed by atoms with Crippen LogP contribution in [0.25, 0.3) is 0 Å². The predicted octanol–water partition coefficient (Wildman–Crippen LogP) is 1.41. The molecule has 0 radical (unpaired) electrons. The molecule has 5 unspecified atom stereocenters. The second kappa shape index (κ2) is 18.8. The number of hydrogen-bond acceptors (Lipinski definition) is 10. The minimum atomic E-state index is -4.22. The standard InChI is InChI=1S/C29H44N8O7.C8H7F3/c1-16(32-5)25(39)35-24(29(2,3)4)27(41)36-14-19-11-22(36)26(40)33-12-23(38)34-21(28(42)43)10-17-6-8-20(9-7-17)44-15-18(30)13-37(19)31;1-6-3-2-4-7(5-6)8(9,10)11/h6-9,13,16,19,21-22,24,32H,10-12,14-15,30-31H2,1-5H3,(H,33,40)(H,34,38)(H,35,39)(H,42,43);2-5H,1H3/b18-13-;. The van der Waals surface area contributed by atoms with Gasteiger partial charge in [0.25, 0.3) is 0 Å². The van der Waals surface area contributed by atoms with Crippen LogP contribution in [-0.4, -0.2) is 102 Å². The molecule has 0 saturated carbocycles. The molecule has 302 valence electrons. The van der Waals surface area contributed by atoms with Crippen LogP contribution < -0.4 is 37.6 Å². The number of likely N-dealkylation sites (tertiary alicyclic amines) is 1. The zero-order chi connectivity index (χ0) is 41.2. The summed E-state index contributed by atoms with van der Waals surface area (Å²) >= 11 is 0. The number of nitrogens with one attached hydrogen (secondary N) is 4. The van der Waals surface area contributed by atoms with E-state index in [1.807, 2.05) is 0 Å². The molecule has 18 heteroatoms. The van der Waals surface area contributed by atoms with Crippen molar-refractivity contribution in [2.75, 3.05) is 26.7 Å². The van der Waals surface area contributed by atoms with Crippen molar-refractivity contribution < 1.29 is 47.0 Å². The number of nitrogens with zero attached hydrogens (tertiary/aromatic N) is 2. The van der Waals surface area contributed by atoms with E-state index in [1.165, 1.54) is 22.2 Å². The van der Waals surface area contributed by atoms with Crippen molar-refractivity contribution in [3.05, 3.63) is 77.1 Å². The number of carbonyl (C=O) groups excluding carboxylic acids is 4. The fraction of sp³-hybridized carbons (Fsp3) is 0.486. The van der Waals surface area contributed by atoms with Crippen LogP contribution >= 0.6 is 0 Å². The summed E-state index contributed by atoms with van der Waals surface area (Å²) in [6.45, 7) is 8.18. The van der Waals surface area contributed by atoms with Crippen LogP contribution in [-0.2, 0) is 36.6 Å². The highest BCUT2D eigenvalue weighted by molar-refractivity contribution is 5.95. The highest BCUT2D eigenvalue weighted by atomic mass is 19.4. The minimum Gasteiger partial charge on any atom is -0.487 e. The van der Waals surface area contributed by atoms with Gasteiger partial charge in [-0.2, -0.15) is 13.2 Å². The summed E-state index contributed by atoms with van der Waals surface area (Å²) in [5, 5.41) is 21.6. The third-order valence-electron chi connectivity index (χ3n) is 9.00. The monoisotopic (exact) mass is 776 g/mol. The summed E-state index contributed by atoms with van der Waals surface area (Å²) in [5.74, 6) is 3.36. The number of fused-ring (bicyclic) bond motifs is 11. The van der Waals surface area contributed by atoms with E-state index in [-0.39, 0.29) is 37.6 Å². The van der Waals surface area contributed by atoms with Crippen LogP contribution in [0.5, 0.6) is 5.75 Å². The number of alkyl halides is 3. The number of carbonyl (C=O) groups is 5. The lowest BCUT2D eigenvalue weighted by atomic mass is 9.85. The van der Waals surface area contributed by atoms with Gasteiger partial charge in [-0.25, -0.2) is 10.6 Å². The molecular formula is C37H51F3N8O7. The summed E-state index contributed by atoms with van der Waals surface area (Å²) in [6, 6.07) is 7.49. The molecule has 5 rings (SSSR count). The number of likely N-dealkylation sites (N-methyl/N-ethyl adjacent to an activating group) is 1.